The molecule has 4 aromatic rings. The van der Waals surface area contributed by atoms with E-state index in [0.717, 1.165) is 16.7 Å². The first-order chi connectivity index (χ1) is 14.6. The predicted octanol–water partition coefficient (Wildman–Crippen LogP) is 5.01. The first-order valence-corrected chi connectivity index (χ1v) is 9.89. The number of fused-ring (bicyclic) bond motifs is 1. The Bertz CT molecular complexity index is 1230. The summed E-state index contributed by atoms with van der Waals surface area (Å²) in [7, 11) is 0. The molecule has 0 aliphatic heterocycles. The number of halogens is 1. The summed E-state index contributed by atoms with van der Waals surface area (Å²) in [6.07, 6.45) is 0. The van der Waals surface area contributed by atoms with Crippen molar-refractivity contribution in [1.82, 2.24) is 15.3 Å². The van der Waals surface area contributed by atoms with Gasteiger partial charge < -0.3 is 20.0 Å². The minimum Gasteiger partial charge on any atom is -0.372 e. The molecule has 1 heterocycles. The monoisotopic (exact) mass is 421 g/mol. The number of H-pyrrole nitrogens is 2. The number of carbonyl (C=O) groups excluding carboxylic acids is 1. The predicted molar refractivity (Wildman–Crippen MR) is 116 cm³/mol. The summed E-state index contributed by atoms with van der Waals surface area (Å²) in [4.78, 5) is 18.5. The van der Waals surface area contributed by atoms with Crippen LogP contribution in [0.2, 0.25) is 0 Å². The largest absolute Gasteiger partial charge is 0.372 e. The number of imidazole rings is 1. The van der Waals surface area contributed by atoms with Gasteiger partial charge in [0.15, 0.2) is 4.77 Å². The van der Waals surface area contributed by atoms with Crippen LogP contribution in [0.25, 0.3) is 11.0 Å². The number of ether oxygens (including phenoxy) is 1. The van der Waals surface area contributed by atoms with Crippen molar-refractivity contribution in [1.29, 1.82) is 0 Å². The maximum absolute atomic E-state index is 13.9. The molecule has 3 N–H and O–H groups in total. The quantitative estimate of drug-likeness (QED) is 0.367. The molecule has 0 atom stereocenters. The van der Waals surface area contributed by atoms with Gasteiger partial charge in [-0.15, -0.1) is 0 Å². The van der Waals surface area contributed by atoms with Crippen LogP contribution in [0.3, 0.4) is 0 Å². The van der Waals surface area contributed by atoms with Crippen molar-refractivity contribution in [2.24, 2.45) is 0 Å². The molecule has 0 fully saturated rings. The Balaban J connectivity index is 1.44. The molecule has 7 heteroatoms. The van der Waals surface area contributed by atoms with Crippen LogP contribution in [0.4, 0.5) is 4.39 Å². The second-order valence-corrected chi connectivity index (χ2v) is 7.29. The van der Waals surface area contributed by atoms with Crippen molar-refractivity contribution >= 4 is 29.2 Å². The second kappa shape index (κ2) is 9.02. The van der Waals surface area contributed by atoms with Crippen LogP contribution in [0.5, 0.6) is 0 Å². The van der Waals surface area contributed by atoms with Gasteiger partial charge in [-0.1, -0.05) is 54.6 Å². The van der Waals surface area contributed by atoms with E-state index in [9.17, 15) is 9.18 Å². The van der Waals surface area contributed by atoms with Gasteiger partial charge in [0.05, 0.1) is 29.8 Å². The van der Waals surface area contributed by atoms with E-state index in [1.807, 2.05) is 54.6 Å². The Hall–Kier alpha value is -3.29. The van der Waals surface area contributed by atoms with Crippen molar-refractivity contribution in [3.63, 3.8) is 0 Å². The fourth-order valence-corrected chi connectivity index (χ4v) is 3.49. The molecule has 0 saturated heterocycles. The number of amides is 1. The Kier molecular flexibility index (Phi) is 6.02. The molecule has 1 aromatic heterocycles. The van der Waals surface area contributed by atoms with Crippen LogP contribution in [-0.4, -0.2) is 15.9 Å². The Labute approximate surface area is 177 Å². The summed E-state index contributed by atoms with van der Waals surface area (Å²) in [5.41, 5.74) is 4.17. The zero-order valence-electron chi connectivity index (χ0n) is 16.1. The van der Waals surface area contributed by atoms with Crippen LogP contribution in [-0.2, 0) is 24.5 Å². The fraction of sp³-hybridized carbons (Fsp3) is 0.130. The molecule has 0 radical (unpaired) electrons. The van der Waals surface area contributed by atoms with E-state index < -0.39 is 5.82 Å². The third-order valence-corrected chi connectivity index (χ3v) is 4.97. The molecule has 0 spiro atoms. The van der Waals surface area contributed by atoms with Gasteiger partial charge in [0, 0.05) is 6.54 Å². The van der Waals surface area contributed by atoms with E-state index in [1.54, 1.807) is 0 Å². The first-order valence-electron chi connectivity index (χ1n) is 9.48. The summed E-state index contributed by atoms with van der Waals surface area (Å²) in [6, 6.07) is 20.2. The van der Waals surface area contributed by atoms with Gasteiger partial charge in [-0.05, 0) is 41.0 Å². The lowest BCUT2D eigenvalue weighted by molar-refractivity contribution is 0.0948. The summed E-state index contributed by atoms with van der Waals surface area (Å²) in [5.74, 6) is -0.891. The molecule has 5 nitrogen and oxygen atoms in total. The van der Waals surface area contributed by atoms with Crippen LogP contribution < -0.4 is 5.32 Å². The molecule has 152 valence electrons. The third kappa shape index (κ3) is 4.64. The maximum atomic E-state index is 13.9. The van der Waals surface area contributed by atoms with Crippen LogP contribution in [0, 0.1) is 10.6 Å². The summed E-state index contributed by atoms with van der Waals surface area (Å²) in [6.45, 7) is 1.23. The minimum atomic E-state index is -0.507. The first kappa shape index (κ1) is 20.0. The molecular formula is C23H20FN3O2S. The van der Waals surface area contributed by atoms with Crippen molar-refractivity contribution in [3.8, 4) is 0 Å². The molecule has 3 aromatic carbocycles. The van der Waals surface area contributed by atoms with Gasteiger partial charge in [-0.2, -0.15) is 0 Å². The minimum absolute atomic E-state index is 0.204. The van der Waals surface area contributed by atoms with Gasteiger partial charge in [-0.3, -0.25) is 4.79 Å². The average Bonchev–Trinajstić information content (AvgIpc) is 3.12. The highest BCUT2D eigenvalue weighted by Crippen LogP contribution is 2.18. The molecule has 0 unspecified atom stereocenters. The Morgan fingerprint density at radius 3 is 2.50 bits per heavy atom. The molecule has 0 aliphatic rings. The van der Waals surface area contributed by atoms with E-state index in [0.29, 0.717) is 35.6 Å². The number of aromatic amines is 2. The van der Waals surface area contributed by atoms with Gasteiger partial charge in [0.1, 0.15) is 5.82 Å². The standard InChI is InChI=1S/C23H20FN3O2S/c24-18-10-19(21-20(11-18)26-23(30)27-21)22(28)25-12-16-8-4-5-9-17(16)14-29-13-15-6-2-1-3-7-15/h1-11H,12-14H2,(H,25,28)(H2,26,27,30). The molecule has 4 rings (SSSR count). The maximum Gasteiger partial charge on any atom is 0.253 e. The van der Waals surface area contributed by atoms with Crippen LogP contribution >= 0.6 is 12.2 Å². The van der Waals surface area contributed by atoms with Gasteiger partial charge in [0.2, 0.25) is 0 Å². The molecule has 1 amide bonds. The number of rotatable bonds is 7. The Morgan fingerprint density at radius 1 is 0.967 bits per heavy atom. The zero-order chi connectivity index (χ0) is 20.9. The number of hydrogen-bond acceptors (Lipinski definition) is 3. The van der Waals surface area contributed by atoms with E-state index in [-0.39, 0.29) is 11.5 Å². The van der Waals surface area contributed by atoms with Crippen LogP contribution in [0.15, 0.2) is 66.7 Å². The van der Waals surface area contributed by atoms with E-state index >= 15 is 0 Å². The van der Waals surface area contributed by atoms with Crippen molar-refractivity contribution < 1.29 is 13.9 Å². The number of carbonyl (C=O) groups is 1. The lowest BCUT2D eigenvalue weighted by Crippen LogP contribution is -2.24. The lowest BCUT2D eigenvalue weighted by atomic mass is 10.1. The smallest absolute Gasteiger partial charge is 0.253 e. The highest BCUT2D eigenvalue weighted by atomic mass is 32.1. The van der Waals surface area contributed by atoms with Crippen LogP contribution in [0.1, 0.15) is 27.0 Å². The average molecular weight is 421 g/mol. The normalized spacial score (nSPS) is 11.0. The highest BCUT2D eigenvalue weighted by molar-refractivity contribution is 7.71. The van der Waals surface area contributed by atoms with E-state index in [4.69, 9.17) is 17.0 Å². The van der Waals surface area contributed by atoms with Gasteiger partial charge in [0.25, 0.3) is 5.91 Å². The summed E-state index contributed by atoms with van der Waals surface area (Å²) in [5, 5.41) is 2.86. The molecular weight excluding hydrogens is 401 g/mol. The van der Waals surface area contributed by atoms with Crippen molar-refractivity contribution in [3.05, 3.63) is 99.6 Å². The van der Waals surface area contributed by atoms with E-state index in [2.05, 4.69) is 15.3 Å². The number of aromatic nitrogens is 2. The molecule has 0 saturated carbocycles. The lowest BCUT2D eigenvalue weighted by Gasteiger charge is -2.12. The van der Waals surface area contributed by atoms with Gasteiger partial charge >= 0.3 is 0 Å². The summed E-state index contributed by atoms with van der Waals surface area (Å²) < 4.78 is 20.1. The topological polar surface area (TPSA) is 69.9 Å². The highest BCUT2D eigenvalue weighted by Gasteiger charge is 2.14. The SMILES string of the molecule is O=C(NCc1ccccc1COCc1ccccc1)c1cc(F)cc2[nH]c(=S)[nH]c12. The Morgan fingerprint density at radius 2 is 1.70 bits per heavy atom. The molecule has 0 bridgehead atoms. The second-order valence-electron chi connectivity index (χ2n) is 6.88. The van der Waals surface area contributed by atoms with Crippen molar-refractivity contribution in [2.45, 2.75) is 19.8 Å². The number of nitrogens with one attached hydrogen (secondary N) is 3. The van der Waals surface area contributed by atoms with Crippen molar-refractivity contribution in [2.75, 3.05) is 0 Å². The van der Waals surface area contributed by atoms with E-state index in [1.165, 1.54) is 12.1 Å². The summed E-state index contributed by atoms with van der Waals surface area (Å²) >= 11 is 5.06. The fourth-order valence-electron chi connectivity index (χ4n) is 3.28. The third-order valence-electron chi connectivity index (χ3n) is 4.76. The molecule has 0 aliphatic carbocycles. The van der Waals surface area contributed by atoms with Gasteiger partial charge in [-0.25, -0.2) is 4.39 Å². The zero-order valence-corrected chi connectivity index (χ0v) is 16.9. The number of hydrogen-bond donors (Lipinski definition) is 3. The number of benzene rings is 3. The molecule has 30 heavy (non-hydrogen) atoms.